The van der Waals surface area contributed by atoms with Crippen molar-refractivity contribution in [2.75, 3.05) is 27.4 Å². The lowest BCUT2D eigenvalue weighted by Crippen LogP contribution is -2.25. The molecule has 0 saturated carbocycles. The molecule has 0 saturated heterocycles. The topological polar surface area (TPSA) is 64.9 Å². The zero-order valence-electron chi connectivity index (χ0n) is 13.6. The van der Waals surface area contributed by atoms with Gasteiger partial charge in [0.25, 0.3) is 5.91 Å². The minimum absolute atomic E-state index is 0.162. The minimum Gasteiger partial charge on any atom is -0.497 e. The van der Waals surface area contributed by atoms with Crippen LogP contribution in [0.15, 0.2) is 36.7 Å². The highest BCUT2D eigenvalue weighted by Crippen LogP contribution is 2.30. The number of carbonyl (C=O) groups is 1. The summed E-state index contributed by atoms with van der Waals surface area (Å²) >= 11 is 1.54. The standard InChI is InChI=1S/C17H19N3O3S/c1-22-8-4-7-18-16(21)14-10-20-11-15(24-17(20)19-14)12-5-3-6-13(9-12)23-2/h3,5-6,9-11H,4,7-8H2,1-2H3,(H,18,21). The summed E-state index contributed by atoms with van der Waals surface area (Å²) in [5.74, 6) is 0.652. The zero-order chi connectivity index (χ0) is 16.9. The van der Waals surface area contributed by atoms with E-state index in [-0.39, 0.29) is 5.91 Å². The number of hydrogen-bond acceptors (Lipinski definition) is 5. The van der Waals surface area contributed by atoms with Crippen molar-refractivity contribution in [1.29, 1.82) is 0 Å². The molecule has 126 valence electrons. The Labute approximate surface area is 144 Å². The van der Waals surface area contributed by atoms with E-state index in [2.05, 4.69) is 10.3 Å². The summed E-state index contributed by atoms with van der Waals surface area (Å²) < 4.78 is 12.1. The molecule has 3 rings (SSSR count). The van der Waals surface area contributed by atoms with Gasteiger partial charge in [-0.3, -0.25) is 9.20 Å². The van der Waals surface area contributed by atoms with Crippen LogP contribution in [0.3, 0.4) is 0 Å². The fourth-order valence-electron chi connectivity index (χ4n) is 2.32. The van der Waals surface area contributed by atoms with Crippen molar-refractivity contribution in [3.05, 3.63) is 42.4 Å². The highest BCUT2D eigenvalue weighted by atomic mass is 32.1. The second kappa shape index (κ2) is 7.46. The Bertz CT molecular complexity index is 809. The van der Waals surface area contributed by atoms with E-state index in [0.717, 1.165) is 27.6 Å². The molecule has 1 aromatic carbocycles. The van der Waals surface area contributed by atoms with E-state index in [1.807, 2.05) is 34.9 Å². The van der Waals surface area contributed by atoms with Crippen LogP contribution in [0.2, 0.25) is 0 Å². The quantitative estimate of drug-likeness (QED) is 0.669. The first-order valence-corrected chi connectivity index (χ1v) is 8.43. The molecule has 0 aliphatic carbocycles. The largest absolute Gasteiger partial charge is 0.497 e. The van der Waals surface area contributed by atoms with Gasteiger partial charge < -0.3 is 14.8 Å². The molecule has 0 unspecified atom stereocenters. The summed E-state index contributed by atoms with van der Waals surface area (Å²) in [5, 5.41) is 2.84. The van der Waals surface area contributed by atoms with Gasteiger partial charge in [-0.1, -0.05) is 23.5 Å². The molecule has 2 aromatic heterocycles. The van der Waals surface area contributed by atoms with Crippen LogP contribution in [-0.2, 0) is 4.74 Å². The maximum Gasteiger partial charge on any atom is 0.271 e. The Morgan fingerprint density at radius 3 is 2.96 bits per heavy atom. The number of hydrogen-bond donors (Lipinski definition) is 1. The van der Waals surface area contributed by atoms with Gasteiger partial charge in [-0.05, 0) is 24.1 Å². The van der Waals surface area contributed by atoms with Gasteiger partial charge >= 0.3 is 0 Å². The SMILES string of the molecule is COCCCNC(=O)c1cn2cc(-c3cccc(OC)c3)sc2n1. The third kappa shape index (κ3) is 3.58. The molecule has 0 radical (unpaired) electrons. The van der Waals surface area contributed by atoms with E-state index >= 15 is 0 Å². The van der Waals surface area contributed by atoms with Crippen molar-refractivity contribution < 1.29 is 14.3 Å². The van der Waals surface area contributed by atoms with Crippen molar-refractivity contribution in [2.24, 2.45) is 0 Å². The Kier molecular flexibility index (Phi) is 5.12. The lowest BCUT2D eigenvalue weighted by atomic mass is 10.2. The highest BCUT2D eigenvalue weighted by molar-refractivity contribution is 7.20. The summed E-state index contributed by atoms with van der Waals surface area (Å²) in [4.78, 5) is 18.3. The molecule has 0 aliphatic heterocycles. The average molecular weight is 345 g/mol. The van der Waals surface area contributed by atoms with Crippen molar-refractivity contribution in [2.45, 2.75) is 6.42 Å². The van der Waals surface area contributed by atoms with Crippen LogP contribution in [0.4, 0.5) is 0 Å². The molecule has 3 aromatic rings. The third-order valence-corrected chi connectivity index (χ3v) is 4.60. The molecule has 6 nitrogen and oxygen atoms in total. The number of carbonyl (C=O) groups excluding carboxylic acids is 1. The van der Waals surface area contributed by atoms with Gasteiger partial charge in [-0.15, -0.1) is 0 Å². The second-order valence-electron chi connectivity index (χ2n) is 5.25. The van der Waals surface area contributed by atoms with E-state index in [4.69, 9.17) is 9.47 Å². The van der Waals surface area contributed by atoms with Crippen LogP contribution in [0.1, 0.15) is 16.9 Å². The zero-order valence-corrected chi connectivity index (χ0v) is 14.4. The molecule has 2 heterocycles. The second-order valence-corrected chi connectivity index (χ2v) is 6.25. The normalized spacial score (nSPS) is 10.9. The summed E-state index contributed by atoms with van der Waals surface area (Å²) in [6.07, 6.45) is 4.51. The smallest absolute Gasteiger partial charge is 0.271 e. The van der Waals surface area contributed by atoms with Crippen molar-refractivity contribution in [3.63, 3.8) is 0 Å². The number of amides is 1. The number of rotatable bonds is 7. The van der Waals surface area contributed by atoms with Crippen LogP contribution < -0.4 is 10.1 Å². The Morgan fingerprint density at radius 2 is 2.21 bits per heavy atom. The molecule has 0 spiro atoms. The molecule has 1 amide bonds. The lowest BCUT2D eigenvalue weighted by molar-refractivity contribution is 0.0944. The molecule has 0 atom stereocenters. The van der Waals surface area contributed by atoms with E-state index in [1.54, 1.807) is 20.4 Å². The first kappa shape index (κ1) is 16.5. The fraction of sp³-hybridized carbons (Fsp3) is 0.294. The average Bonchev–Trinajstić information content (AvgIpc) is 3.17. The van der Waals surface area contributed by atoms with E-state index in [0.29, 0.717) is 18.8 Å². The molecular weight excluding hydrogens is 326 g/mol. The van der Waals surface area contributed by atoms with Crippen LogP contribution in [-0.4, -0.2) is 42.7 Å². The van der Waals surface area contributed by atoms with Crippen molar-refractivity contribution >= 4 is 22.2 Å². The number of nitrogens with zero attached hydrogens (tertiary/aromatic N) is 2. The monoisotopic (exact) mass is 345 g/mol. The molecule has 24 heavy (non-hydrogen) atoms. The van der Waals surface area contributed by atoms with Crippen LogP contribution in [0.5, 0.6) is 5.75 Å². The van der Waals surface area contributed by atoms with Gasteiger partial charge in [0.05, 0.1) is 12.0 Å². The molecule has 1 N–H and O–H groups in total. The third-order valence-electron chi connectivity index (χ3n) is 3.55. The van der Waals surface area contributed by atoms with Gasteiger partial charge in [0.1, 0.15) is 11.4 Å². The van der Waals surface area contributed by atoms with Gasteiger partial charge in [0.2, 0.25) is 0 Å². The van der Waals surface area contributed by atoms with Crippen molar-refractivity contribution in [3.8, 4) is 16.2 Å². The number of imidazole rings is 1. The van der Waals surface area contributed by atoms with Gasteiger partial charge in [0, 0.05) is 32.7 Å². The maximum absolute atomic E-state index is 12.1. The first-order chi connectivity index (χ1) is 11.7. The fourth-order valence-corrected chi connectivity index (χ4v) is 3.29. The lowest BCUT2D eigenvalue weighted by Gasteiger charge is -2.02. The Morgan fingerprint density at radius 1 is 1.33 bits per heavy atom. The molecule has 0 aliphatic rings. The maximum atomic E-state index is 12.1. The summed E-state index contributed by atoms with van der Waals surface area (Å²) in [7, 11) is 3.29. The van der Waals surface area contributed by atoms with Gasteiger partial charge in [-0.25, -0.2) is 4.98 Å². The van der Waals surface area contributed by atoms with E-state index in [9.17, 15) is 4.79 Å². The van der Waals surface area contributed by atoms with E-state index < -0.39 is 0 Å². The van der Waals surface area contributed by atoms with Gasteiger partial charge in [-0.2, -0.15) is 0 Å². The number of fused-ring (bicyclic) bond motifs is 1. The number of aromatic nitrogens is 2. The molecule has 0 fully saturated rings. The number of benzene rings is 1. The van der Waals surface area contributed by atoms with Crippen LogP contribution in [0, 0.1) is 0 Å². The predicted molar refractivity (Wildman–Crippen MR) is 93.9 cm³/mol. The summed E-state index contributed by atoms with van der Waals surface area (Å²) in [5.41, 5.74) is 1.49. The summed E-state index contributed by atoms with van der Waals surface area (Å²) in [6.45, 7) is 1.20. The number of ether oxygens (including phenoxy) is 2. The number of thiazole rings is 1. The number of methoxy groups -OCH3 is 2. The summed E-state index contributed by atoms with van der Waals surface area (Å²) in [6, 6.07) is 7.87. The Balaban J connectivity index is 1.74. The first-order valence-electron chi connectivity index (χ1n) is 7.61. The molecule has 7 heteroatoms. The Hall–Kier alpha value is -2.38. The van der Waals surface area contributed by atoms with Crippen LogP contribution in [0.25, 0.3) is 15.4 Å². The van der Waals surface area contributed by atoms with E-state index in [1.165, 1.54) is 11.3 Å². The predicted octanol–water partition coefficient (Wildman–Crippen LogP) is 2.84. The van der Waals surface area contributed by atoms with Crippen molar-refractivity contribution in [1.82, 2.24) is 14.7 Å². The number of nitrogens with one attached hydrogen (secondary N) is 1. The van der Waals surface area contributed by atoms with Gasteiger partial charge in [0.15, 0.2) is 4.96 Å². The highest BCUT2D eigenvalue weighted by Gasteiger charge is 2.13. The minimum atomic E-state index is -0.162. The molecular formula is C17H19N3O3S. The van der Waals surface area contributed by atoms with Crippen LogP contribution >= 0.6 is 11.3 Å². The molecule has 0 bridgehead atoms.